The van der Waals surface area contributed by atoms with Crippen molar-refractivity contribution in [2.24, 2.45) is 0 Å². The van der Waals surface area contributed by atoms with Crippen molar-refractivity contribution in [1.29, 1.82) is 0 Å². The van der Waals surface area contributed by atoms with Crippen LogP contribution in [0, 0.1) is 0 Å². The van der Waals surface area contributed by atoms with Gasteiger partial charge in [0.05, 0.1) is 0 Å². The Bertz CT molecular complexity index is 152. The van der Waals surface area contributed by atoms with Crippen molar-refractivity contribution in [3.8, 4) is 0 Å². The molecule has 10 heavy (non-hydrogen) atoms. The van der Waals surface area contributed by atoms with Gasteiger partial charge in [0.25, 0.3) is 0 Å². The summed E-state index contributed by atoms with van der Waals surface area (Å²) in [7, 11) is 0. The Kier molecular flexibility index (Phi) is 2.11. The third kappa shape index (κ3) is 1.09. The molecule has 1 aliphatic carbocycles. The van der Waals surface area contributed by atoms with E-state index in [1.54, 1.807) is 0 Å². The van der Waals surface area contributed by atoms with Gasteiger partial charge in [0.15, 0.2) is 0 Å². The molecule has 59 valence electrons. The van der Waals surface area contributed by atoms with Crippen molar-refractivity contribution >= 4 is 14.4 Å². The van der Waals surface area contributed by atoms with Gasteiger partial charge in [0.2, 0.25) is 0 Å². The van der Waals surface area contributed by atoms with Crippen molar-refractivity contribution in [3.63, 3.8) is 0 Å². The molecule has 0 heterocycles. The average Bonchev–Trinajstić information content (AvgIpc) is 2.77. The number of hydrogen-bond acceptors (Lipinski definition) is 3. The van der Waals surface area contributed by atoms with Gasteiger partial charge in [-0.3, -0.25) is 0 Å². The normalized spacial score (nSPS) is 19.6. The van der Waals surface area contributed by atoms with E-state index in [2.05, 4.69) is 0 Å². The number of carbonyl (C=O) groups excluding carboxylic acids is 3. The molecular formula is C6H8IrO3. The maximum absolute atomic E-state index is 10.4. The molecule has 3 nitrogen and oxygen atoms in total. The van der Waals surface area contributed by atoms with Gasteiger partial charge in [-0.2, -0.15) is 0 Å². The van der Waals surface area contributed by atoms with Crippen LogP contribution in [-0.2, 0) is 29.7 Å². The van der Waals surface area contributed by atoms with Crippen LogP contribution in [0.2, 0.25) is 4.43 Å². The van der Waals surface area contributed by atoms with Crippen LogP contribution in [0.25, 0.3) is 0 Å². The number of hydrogen-bond donors (Lipinski definition) is 0. The van der Waals surface area contributed by atoms with Gasteiger partial charge in [0.1, 0.15) is 0 Å². The molecule has 1 aliphatic rings. The molecule has 0 aromatic rings. The quantitative estimate of drug-likeness (QED) is 0.700. The van der Waals surface area contributed by atoms with E-state index in [4.69, 9.17) is 0 Å². The molecule has 0 aliphatic heterocycles. The van der Waals surface area contributed by atoms with Gasteiger partial charge in [0, 0.05) is 0 Å². The number of rotatable bonds is 4. The molecule has 1 saturated carbocycles. The van der Waals surface area contributed by atoms with Crippen LogP contribution in [0.5, 0.6) is 0 Å². The van der Waals surface area contributed by atoms with Gasteiger partial charge in [-0.25, -0.2) is 0 Å². The fourth-order valence-corrected chi connectivity index (χ4v) is 5.21. The summed E-state index contributed by atoms with van der Waals surface area (Å²) in [6, 6.07) is 0. The molecule has 1 rings (SSSR count). The van der Waals surface area contributed by atoms with E-state index in [9.17, 15) is 14.4 Å². The zero-order valence-corrected chi connectivity index (χ0v) is 7.68. The Labute approximate surface area is 61.8 Å². The fraction of sp³-hybridized carbons (Fsp3) is 0.500. The molecule has 4 heteroatoms. The first-order valence-electron chi connectivity index (χ1n) is 2.79. The predicted octanol–water partition coefficient (Wildman–Crippen LogP) is 0.293. The molecular weight excluding hydrogens is 312 g/mol. The molecule has 0 bridgehead atoms. The Morgan fingerprint density at radius 1 is 1.00 bits per heavy atom. The Morgan fingerprint density at radius 2 is 1.40 bits per heavy atom. The third-order valence-electron chi connectivity index (χ3n) is 1.36. The molecule has 0 unspecified atom stereocenters. The van der Waals surface area contributed by atoms with Gasteiger partial charge in [-0.05, 0) is 0 Å². The van der Waals surface area contributed by atoms with E-state index < -0.39 is 15.3 Å². The van der Waals surface area contributed by atoms with E-state index in [0.29, 0.717) is 14.4 Å². The summed E-state index contributed by atoms with van der Waals surface area (Å²) in [5, 5.41) is 0. The monoisotopic (exact) mass is 321 g/mol. The summed E-state index contributed by atoms with van der Waals surface area (Å²) >= 11 is -3.22. The Hall–Kier alpha value is -0.341. The van der Waals surface area contributed by atoms with Crippen molar-refractivity contribution in [3.05, 3.63) is 0 Å². The molecule has 0 aromatic heterocycles. The van der Waals surface area contributed by atoms with Crippen molar-refractivity contribution in [2.75, 3.05) is 0 Å². The fourth-order valence-electron chi connectivity index (χ4n) is 0.637. The van der Waals surface area contributed by atoms with Crippen molar-refractivity contribution in [1.82, 2.24) is 0 Å². The Morgan fingerprint density at radius 3 is 1.50 bits per heavy atom. The first-order chi connectivity index (χ1) is 4.79. The van der Waals surface area contributed by atoms with Crippen molar-refractivity contribution in [2.45, 2.75) is 17.3 Å². The predicted molar refractivity (Wildman–Crippen MR) is 33.2 cm³/mol. The minimum absolute atomic E-state index is 0.174. The molecule has 0 amide bonds. The zero-order chi connectivity index (χ0) is 7.61. The SMILES string of the molecule is O=[CH][Ir]([CH]=O)([CH]=O)[CH]1CC1. The molecule has 1 fully saturated rings. The molecule has 0 radical (unpaired) electrons. The van der Waals surface area contributed by atoms with Gasteiger partial charge >= 0.3 is 61.3 Å². The molecule has 0 spiro atoms. The van der Waals surface area contributed by atoms with Gasteiger partial charge in [-0.15, -0.1) is 0 Å². The van der Waals surface area contributed by atoms with Crippen molar-refractivity contribution < 1.29 is 29.7 Å². The zero-order valence-electron chi connectivity index (χ0n) is 5.28. The van der Waals surface area contributed by atoms with Crippen LogP contribution >= 0.6 is 0 Å². The summed E-state index contributed by atoms with van der Waals surface area (Å²) in [4.78, 5) is 33.1. The first-order valence-corrected chi connectivity index (χ1v) is 8.32. The topological polar surface area (TPSA) is 51.2 Å². The number of carbonyl (C=O) groups is 3. The second-order valence-corrected chi connectivity index (χ2v) is 10.5. The van der Waals surface area contributed by atoms with E-state index in [1.807, 2.05) is 0 Å². The molecule has 0 aromatic carbocycles. The minimum atomic E-state index is -3.22. The summed E-state index contributed by atoms with van der Waals surface area (Å²) in [5.74, 6) is 0. The van der Waals surface area contributed by atoms with E-state index >= 15 is 0 Å². The molecule has 0 saturated heterocycles. The van der Waals surface area contributed by atoms with Gasteiger partial charge in [-0.1, -0.05) is 0 Å². The van der Waals surface area contributed by atoms with Crippen LogP contribution in [0.4, 0.5) is 0 Å². The van der Waals surface area contributed by atoms with E-state index in [1.165, 1.54) is 0 Å². The molecule has 0 N–H and O–H groups in total. The summed E-state index contributed by atoms with van der Waals surface area (Å²) in [6.07, 6.45) is 1.80. The van der Waals surface area contributed by atoms with Crippen LogP contribution in [0.1, 0.15) is 12.8 Å². The average molecular weight is 320 g/mol. The second kappa shape index (κ2) is 2.72. The third-order valence-corrected chi connectivity index (χ3v) is 9.06. The van der Waals surface area contributed by atoms with Crippen LogP contribution < -0.4 is 0 Å². The molecule has 0 atom stereocenters. The van der Waals surface area contributed by atoms with Crippen LogP contribution in [0.15, 0.2) is 0 Å². The second-order valence-electron chi connectivity index (χ2n) is 2.04. The van der Waals surface area contributed by atoms with E-state index in [0.717, 1.165) is 12.8 Å². The maximum atomic E-state index is 10.4. The van der Waals surface area contributed by atoms with Crippen LogP contribution in [-0.4, -0.2) is 14.4 Å². The van der Waals surface area contributed by atoms with Crippen LogP contribution in [0.3, 0.4) is 0 Å². The van der Waals surface area contributed by atoms with E-state index in [-0.39, 0.29) is 4.43 Å². The summed E-state index contributed by atoms with van der Waals surface area (Å²) in [5.41, 5.74) is 0. The van der Waals surface area contributed by atoms with Gasteiger partial charge < -0.3 is 0 Å². The first kappa shape index (κ1) is 7.76. The summed E-state index contributed by atoms with van der Waals surface area (Å²) in [6.45, 7) is 0. The summed E-state index contributed by atoms with van der Waals surface area (Å²) < 4.78 is 0.174. The standard InChI is InChI=1S/C3H5.3CHO.Ir/c1-2-3-1;3*1-2;/h1H,2-3H2;3*1H;. The Balaban J connectivity index is 2.79.